The second-order valence-corrected chi connectivity index (χ2v) is 3.54. The predicted octanol–water partition coefficient (Wildman–Crippen LogP) is 2.28. The van der Waals surface area contributed by atoms with Crippen LogP contribution in [0.4, 0.5) is 10.1 Å². The number of furan rings is 1. The number of anilines is 1. The third-order valence-corrected chi connectivity index (χ3v) is 2.28. The summed E-state index contributed by atoms with van der Waals surface area (Å²) in [5.74, 6) is -1.64. The SMILES string of the molecule is Nc1cc(F)c(OCc2ccco2)cc1C(=O)O. The Bertz CT molecular complexity index is 566. The van der Waals surface area contributed by atoms with Gasteiger partial charge in [-0.1, -0.05) is 0 Å². The van der Waals surface area contributed by atoms with Crippen molar-refractivity contribution in [2.24, 2.45) is 0 Å². The van der Waals surface area contributed by atoms with Gasteiger partial charge in [0.15, 0.2) is 11.6 Å². The average molecular weight is 251 g/mol. The summed E-state index contributed by atoms with van der Waals surface area (Å²) in [4.78, 5) is 10.8. The van der Waals surface area contributed by atoms with Gasteiger partial charge in [-0.25, -0.2) is 9.18 Å². The fraction of sp³-hybridized carbons (Fsp3) is 0.0833. The molecule has 6 heteroatoms. The number of halogens is 1. The van der Waals surface area contributed by atoms with Gasteiger partial charge in [0, 0.05) is 11.8 Å². The quantitative estimate of drug-likeness (QED) is 0.814. The fourth-order valence-electron chi connectivity index (χ4n) is 1.41. The minimum atomic E-state index is -1.24. The highest BCUT2D eigenvalue weighted by molar-refractivity contribution is 5.94. The molecule has 0 spiro atoms. The lowest BCUT2D eigenvalue weighted by Gasteiger charge is -2.08. The number of nitrogen functional groups attached to an aromatic ring is 1. The molecule has 0 amide bonds. The van der Waals surface area contributed by atoms with Crippen LogP contribution < -0.4 is 10.5 Å². The first-order chi connectivity index (χ1) is 8.58. The van der Waals surface area contributed by atoms with Crippen LogP contribution in [-0.4, -0.2) is 11.1 Å². The fourth-order valence-corrected chi connectivity index (χ4v) is 1.41. The Morgan fingerprint density at radius 2 is 2.28 bits per heavy atom. The predicted molar refractivity (Wildman–Crippen MR) is 60.8 cm³/mol. The van der Waals surface area contributed by atoms with Crippen molar-refractivity contribution < 1.29 is 23.4 Å². The number of ether oxygens (including phenoxy) is 1. The van der Waals surface area contributed by atoms with Gasteiger partial charge in [-0.2, -0.15) is 0 Å². The molecule has 5 nitrogen and oxygen atoms in total. The van der Waals surface area contributed by atoms with E-state index < -0.39 is 11.8 Å². The monoisotopic (exact) mass is 251 g/mol. The zero-order valence-corrected chi connectivity index (χ0v) is 9.22. The lowest BCUT2D eigenvalue weighted by atomic mass is 10.1. The molecule has 1 heterocycles. The van der Waals surface area contributed by atoms with Crippen molar-refractivity contribution in [1.29, 1.82) is 0 Å². The summed E-state index contributed by atoms with van der Waals surface area (Å²) < 4.78 is 23.6. The van der Waals surface area contributed by atoms with E-state index in [9.17, 15) is 9.18 Å². The molecule has 0 saturated carbocycles. The number of carboxylic acid groups (broad SMARTS) is 1. The Kier molecular flexibility index (Phi) is 3.18. The largest absolute Gasteiger partial charge is 0.483 e. The Labute approximate surface area is 102 Å². The van der Waals surface area contributed by atoms with Gasteiger partial charge in [0.05, 0.1) is 11.8 Å². The molecule has 2 rings (SSSR count). The van der Waals surface area contributed by atoms with E-state index in [2.05, 4.69) is 0 Å². The van der Waals surface area contributed by atoms with Gasteiger partial charge in [-0.05, 0) is 18.2 Å². The van der Waals surface area contributed by atoms with Crippen LogP contribution >= 0.6 is 0 Å². The third-order valence-electron chi connectivity index (χ3n) is 2.28. The summed E-state index contributed by atoms with van der Waals surface area (Å²) >= 11 is 0. The van der Waals surface area contributed by atoms with Crippen molar-refractivity contribution in [2.45, 2.75) is 6.61 Å². The number of nitrogens with two attached hydrogens (primary N) is 1. The highest BCUT2D eigenvalue weighted by Gasteiger charge is 2.14. The lowest BCUT2D eigenvalue weighted by molar-refractivity contribution is 0.0697. The molecule has 1 aromatic carbocycles. The molecule has 2 aromatic rings. The summed E-state index contributed by atoms with van der Waals surface area (Å²) in [6.45, 7) is 0.00684. The molecular weight excluding hydrogens is 241 g/mol. The maximum Gasteiger partial charge on any atom is 0.337 e. The first-order valence-electron chi connectivity index (χ1n) is 5.05. The van der Waals surface area contributed by atoms with Crippen LogP contribution in [0.25, 0.3) is 0 Å². The highest BCUT2D eigenvalue weighted by atomic mass is 19.1. The molecule has 0 aliphatic carbocycles. The van der Waals surface area contributed by atoms with Gasteiger partial charge in [0.25, 0.3) is 0 Å². The molecule has 0 fully saturated rings. The molecule has 0 unspecified atom stereocenters. The van der Waals surface area contributed by atoms with E-state index in [-0.39, 0.29) is 23.6 Å². The minimum Gasteiger partial charge on any atom is -0.483 e. The van der Waals surface area contributed by atoms with Crippen molar-refractivity contribution in [3.8, 4) is 5.75 Å². The molecule has 0 atom stereocenters. The second kappa shape index (κ2) is 4.79. The number of hydrogen-bond acceptors (Lipinski definition) is 4. The number of rotatable bonds is 4. The maximum absolute atomic E-state index is 13.5. The Balaban J connectivity index is 2.22. The van der Waals surface area contributed by atoms with E-state index in [4.69, 9.17) is 20.0 Å². The van der Waals surface area contributed by atoms with Crippen LogP contribution in [-0.2, 0) is 6.61 Å². The maximum atomic E-state index is 13.5. The molecule has 1 aromatic heterocycles. The van der Waals surface area contributed by atoms with Crippen molar-refractivity contribution >= 4 is 11.7 Å². The zero-order chi connectivity index (χ0) is 13.1. The van der Waals surface area contributed by atoms with Crippen molar-refractivity contribution in [3.05, 3.63) is 47.7 Å². The molecule has 3 N–H and O–H groups in total. The number of carboxylic acids is 1. The summed E-state index contributed by atoms with van der Waals surface area (Å²) in [6.07, 6.45) is 1.46. The summed E-state index contributed by atoms with van der Waals surface area (Å²) in [5.41, 5.74) is 5.04. The minimum absolute atomic E-state index is 0.00684. The summed E-state index contributed by atoms with van der Waals surface area (Å²) in [5, 5.41) is 8.86. The molecule has 94 valence electrons. The molecule has 0 bridgehead atoms. The van der Waals surface area contributed by atoms with Gasteiger partial charge >= 0.3 is 5.97 Å². The molecule has 0 aliphatic rings. The van der Waals surface area contributed by atoms with Gasteiger partial charge in [0.2, 0.25) is 0 Å². The van der Waals surface area contributed by atoms with E-state index in [0.29, 0.717) is 5.76 Å². The summed E-state index contributed by atoms with van der Waals surface area (Å²) in [6, 6.07) is 5.30. The Morgan fingerprint density at radius 3 is 2.89 bits per heavy atom. The van der Waals surface area contributed by atoms with Crippen LogP contribution in [0.5, 0.6) is 5.75 Å². The van der Waals surface area contributed by atoms with Gasteiger partial charge in [0.1, 0.15) is 12.4 Å². The first kappa shape index (κ1) is 12.0. The average Bonchev–Trinajstić information content (AvgIpc) is 2.80. The van der Waals surface area contributed by atoms with Gasteiger partial charge in [-0.15, -0.1) is 0 Å². The Hall–Kier alpha value is -2.50. The number of aromatic carboxylic acids is 1. The van der Waals surface area contributed by atoms with E-state index in [1.807, 2.05) is 0 Å². The molecule has 0 saturated heterocycles. The third kappa shape index (κ3) is 2.42. The van der Waals surface area contributed by atoms with Crippen molar-refractivity contribution in [3.63, 3.8) is 0 Å². The Morgan fingerprint density at radius 1 is 1.50 bits per heavy atom. The normalized spacial score (nSPS) is 10.3. The van der Waals surface area contributed by atoms with Crippen LogP contribution in [0.1, 0.15) is 16.1 Å². The highest BCUT2D eigenvalue weighted by Crippen LogP contribution is 2.25. The van der Waals surface area contributed by atoms with Crippen LogP contribution in [0.2, 0.25) is 0 Å². The van der Waals surface area contributed by atoms with E-state index in [1.54, 1.807) is 12.1 Å². The van der Waals surface area contributed by atoms with Crippen molar-refractivity contribution in [2.75, 3.05) is 5.73 Å². The molecular formula is C12H10FNO4. The first-order valence-corrected chi connectivity index (χ1v) is 5.05. The lowest BCUT2D eigenvalue weighted by Crippen LogP contribution is -2.05. The van der Waals surface area contributed by atoms with E-state index in [1.165, 1.54) is 6.26 Å². The van der Waals surface area contributed by atoms with E-state index in [0.717, 1.165) is 12.1 Å². The van der Waals surface area contributed by atoms with Crippen molar-refractivity contribution in [1.82, 2.24) is 0 Å². The topological polar surface area (TPSA) is 85.7 Å². The van der Waals surface area contributed by atoms with Gasteiger partial charge < -0.3 is 20.0 Å². The molecule has 0 aliphatic heterocycles. The summed E-state index contributed by atoms with van der Waals surface area (Å²) in [7, 11) is 0. The smallest absolute Gasteiger partial charge is 0.337 e. The van der Waals surface area contributed by atoms with Crippen LogP contribution in [0.15, 0.2) is 34.9 Å². The second-order valence-electron chi connectivity index (χ2n) is 3.54. The van der Waals surface area contributed by atoms with Crippen LogP contribution in [0, 0.1) is 5.82 Å². The number of hydrogen-bond donors (Lipinski definition) is 2. The van der Waals surface area contributed by atoms with Crippen LogP contribution in [0.3, 0.4) is 0 Å². The van der Waals surface area contributed by atoms with Gasteiger partial charge in [-0.3, -0.25) is 0 Å². The number of benzene rings is 1. The van der Waals surface area contributed by atoms with E-state index >= 15 is 0 Å². The number of carbonyl (C=O) groups is 1. The molecule has 0 radical (unpaired) electrons. The molecule has 18 heavy (non-hydrogen) atoms. The zero-order valence-electron chi connectivity index (χ0n) is 9.22. The standard InChI is InChI=1S/C12H10FNO4/c13-9-5-10(14)8(12(15)16)4-11(9)18-6-7-2-1-3-17-7/h1-5H,6,14H2,(H,15,16).